The molecule has 2 N–H and O–H groups in total. The highest BCUT2D eigenvalue weighted by Gasteiger charge is 2.02. The molecular weight excluding hydrogens is 356 g/mol. The molecule has 0 radical (unpaired) electrons. The van der Waals surface area contributed by atoms with Crippen molar-refractivity contribution in [1.29, 1.82) is 0 Å². The van der Waals surface area contributed by atoms with Crippen molar-refractivity contribution in [2.45, 2.75) is 26.9 Å². The molecule has 0 atom stereocenters. The zero-order valence-corrected chi connectivity index (χ0v) is 14.7. The molecule has 20 heavy (non-hydrogen) atoms. The Hall–Kier alpha value is -0.920. The van der Waals surface area contributed by atoms with Crippen molar-refractivity contribution in [3.63, 3.8) is 0 Å². The first kappa shape index (κ1) is 15.5. The second-order valence-corrected chi connectivity index (χ2v) is 7.38. The monoisotopic (exact) mass is 372 g/mol. The molecule has 0 saturated heterocycles. The average molecular weight is 373 g/mol. The highest BCUT2D eigenvalue weighted by atomic mass is 79.9. The van der Waals surface area contributed by atoms with Crippen molar-refractivity contribution < 1.29 is 0 Å². The minimum atomic E-state index is 0.683. The van der Waals surface area contributed by atoms with Gasteiger partial charge in [0.1, 0.15) is 5.01 Å². The number of guanidine groups is 1. The molecule has 0 aliphatic heterocycles. The molecule has 2 rings (SSSR count). The number of hydrogen-bond acceptors (Lipinski definition) is 4. The highest BCUT2D eigenvalue weighted by Crippen LogP contribution is 2.20. The molecule has 0 saturated carbocycles. The van der Waals surface area contributed by atoms with Crippen LogP contribution < -0.4 is 10.6 Å². The molecule has 0 aliphatic carbocycles. The summed E-state index contributed by atoms with van der Waals surface area (Å²) in [5.74, 6) is 0.824. The van der Waals surface area contributed by atoms with Crippen molar-refractivity contribution in [1.82, 2.24) is 15.6 Å². The van der Waals surface area contributed by atoms with Gasteiger partial charge in [-0.25, -0.2) is 9.98 Å². The van der Waals surface area contributed by atoms with Crippen LogP contribution >= 0.6 is 38.6 Å². The van der Waals surface area contributed by atoms with E-state index in [4.69, 9.17) is 0 Å². The van der Waals surface area contributed by atoms with E-state index < -0.39 is 0 Å². The third kappa shape index (κ3) is 4.88. The summed E-state index contributed by atoms with van der Waals surface area (Å²) in [6, 6.07) is 2.10. The van der Waals surface area contributed by atoms with Gasteiger partial charge >= 0.3 is 0 Å². The summed E-state index contributed by atoms with van der Waals surface area (Å²) >= 11 is 6.87. The largest absolute Gasteiger partial charge is 0.357 e. The molecule has 0 spiro atoms. The smallest absolute Gasteiger partial charge is 0.191 e. The van der Waals surface area contributed by atoms with Gasteiger partial charge in [-0.05, 0) is 35.8 Å². The van der Waals surface area contributed by atoms with Gasteiger partial charge in [0, 0.05) is 32.3 Å². The Morgan fingerprint density at radius 2 is 2.30 bits per heavy atom. The first-order chi connectivity index (χ1) is 9.67. The van der Waals surface area contributed by atoms with Crippen LogP contribution in [0.5, 0.6) is 0 Å². The van der Waals surface area contributed by atoms with Crippen LogP contribution in [0.2, 0.25) is 0 Å². The van der Waals surface area contributed by atoms with Crippen molar-refractivity contribution in [3.8, 4) is 0 Å². The predicted molar refractivity (Wildman–Crippen MR) is 90.5 cm³/mol. The van der Waals surface area contributed by atoms with Gasteiger partial charge in [-0.15, -0.1) is 22.7 Å². The predicted octanol–water partition coefficient (Wildman–Crippen LogP) is 3.53. The molecule has 0 unspecified atom stereocenters. The fraction of sp³-hybridized carbons (Fsp3) is 0.385. The Labute approximate surface area is 135 Å². The number of nitrogens with zero attached hydrogens (tertiary/aromatic N) is 2. The van der Waals surface area contributed by atoms with Crippen molar-refractivity contribution in [2.24, 2.45) is 4.99 Å². The molecule has 7 heteroatoms. The number of nitrogens with one attached hydrogen (secondary N) is 2. The molecule has 2 aromatic rings. The van der Waals surface area contributed by atoms with E-state index in [-0.39, 0.29) is 0 Å². The SMILES string of the molecule is CCNC(=NCc1cc(Br)cs1)NCc1ncc(C)s1. The minimum Gasteiger partial charge on any atom is -0.357 e. The van der Waals surface area contributed by atoms with Gasteiger partial charge in [0.2, 0.25) is 0 Å². The van der Waals surface area contributed by atoms with Crippen LogP contribution in [0.15, 0.2) is 27.1 Å². The quantitative estimate of drug-likeness (QED) is 0.623. The van der Waals surface area contributed by atoms with E-state index in [0.29, 0.717) is 13.1 Å². The van der Waals surface area contributed by atoms with E-state index in [1.165, 1.54) is 9.75 Å². The van der Waals surface area contributed by atoms with E-state index in [9.17, 15) is 0 Å². The number of hydrogen-bond donors (Lipinski definition) is 2. The number of aryl methyl sites for hydroxylation is 1. The third-order valence-electron chi connectivity index (χ3n) is 2.44. The lowest BCUT2D eigenvalue weighted by atomic mass is 10.5. The summed E-state index contributed by atoms with van der Waals surface area (Å²) in [6.45, 7) is 6.36. The Balaban J connectivity index is 1.91. The maximum absolute atomic E-state index is 4.58. The average Bonchev–Trinajstić information content (AvgIpc) is 3.02. The Kier molecular flexibility index (Phi) is 6.00. The van der Waals surface area contributed by atoms with Crippen LogP contribution in [-0.4, -0.2) is 17.5 Å². The molecule has 0 fully saturated rings. The number of aromatic nitrogens is 1. The topological polar surface area (TPSA) is 49.3 Å². The van der Waals surface area contributed by atoms with Crippen LogP contribution in [-0.2, 0) is 13.1 Å². The fourth-order valence-corrected chi connectivity index (χ4v) is 3.68. The number of rotatable bonds is 5. The zero-order valence-electron chi connectivity index (χ0n) is 11.4. The summed E-state index contributed by atoms with van der Waals surface area (Å²) < 4.78 is 1.11. The number of halogens is 1. The molecule has 108 valence electrons. The molecular formula is C13H17BrN4S2. The number of aliphatic imine (C=N–C) groups is 1. The molecule has 0 aliphatic rings. The van der Waals surface area contributed by atoms with Crippen LogP contribution in [0.3, 0.4) is 0 Å². The van der Waals surface area contributed by atoms with E-state index in [0.717, 1.165) is 22.0 Å². The maximum Gasteiger partial charge on any atom is 0.191 e. The van der Waals surface area contributed by atoms with Gasteiger partial charge in [-0.2, -0.15) is 0 Å². The number of thiophene rings is 1. The van der Waals surface area contributed by atoms with Crippen molar-refractivity contribution in [3.05, 3.63) is 36.9 Å². The Bertz CT molecular complexity index is 576. The van der Waals surface area contributed by atoms with Crippen molar-refractivity contribution >= 4 is 44.6 Å². The highest BCUT2D eigenvalue weighted by molar-refractivity contribution is 9.10. The molecule has 0 bridgehead atoms. The van der Waals surface area contributed by atoms with Gasteiger partial charge in [-0.1, -0.05) is 0 Å². The van der Waals surface area contributed by atoms with E-state index in [1.807, 2.05) is 6.20 Å². The van der Waals surface area contributed by atoms with Crippen LogP contribution in [0.4, 0.5) is 0 Å². The minimum absolute atomic E-state index is 0.683. The summed E-state index contributed by atoms with van der Waals surface area (Å²) in [6.07, 6.45) is 1.90. The summed E-state index contributed by atoms with van der Waals surface area (Å²) in [5, 5.41) is 9.70. The second-order valence-electron chi connectivity index (χ2n) is 4.14. The summed E-state index contributed by atoms with van der Waals surface area (Å²) in [7, 11) is 0. The zero-order chi connectivity index (χ0) is 14.4. The Morgan fingerprint density at radius 3 is 2.90 bits per heavy atom. The van der Waals surface area contributed by atoms with Gasteiger partial charge in [-0.3, -0.25) is 0 Å². The van der Waals surface area contributed by atoms with E-state index in [1.54, 1.807) is 22.7 Å². The lowest BCUT2D eigenvalue weighted by Crippen LogP contribution is -2.36. The maximum atomic E-state index is 4.58. The Morgan fingerprint density at radius 1 is 1.45 bits per heavy atom. The molecule has 2 aromatic heterocycles. The first-order valence-corrected chi connectivity index (χ1v) is 8.82. The lowest BCUT2D eigenvalue weighted by molar-refractivity contribution is 0.813. The summed E-state index contributed by atoms with van der Waals surface area (Å²) in [4.78, 5) is 11.4. The van der Waals surface area contributed by atoms with Crippen LogP contribution in [0, 0.1) is 6.92 Å². The lowest BCUT2D eigenvalue weighted by Gasteiger charge is -2.09. The molecule has 0 amide bonds. The molecule has 2 heterocycles. The third-order valence-corrected chi connectivity index (χ3v) is 5.03. The van der Waals surface area contributed by atoms with Gasteiger partial charge < -0.3 is 10.6 Å². The summed E-state index contributed by atoms with van der Waals surface area (Å²) in [5.41, 5.74) is 0. The first-order valence-electron chi connectivity index (χ1n) is 6.33. The van der Waals surface area contributed by atoms with Gasteiger partial charge in [0.15, 0.2) is 5.96 Å². The fourth-order valence-electron chi connectivity index (χ4n) is 1.58. The second kappa shape index (κ2) is 7.75. The van der Waals surface area contributed by atoms with Crippen molar-refractivity contribution in [2.75, 3.05) is 6.54 Å². The van der Waals surface area contributed by atoms with Crippen LogP contribution in [0.25, 0.3) is 0 Å². The normalized spacial score (nSPS) is 11.7. The van der Waals surface area contributed by atoms with Crippen LogP contribution in [0.1, 0.15) is 21.7 Å². The van der Waals surface area contributed by atoms with Gasteiger partial charge in [0.05, 0.1) is 13.1 Å². The molecule has 4 nitrogen and oxygen atoms in total. The molecule has 0 aromatic carbocycles. The van der Waals surface area contributed by atoms with E-state index in [2.05, 4.69) is 61.8 Å². The number of thiazole rings is 1. The van der Waals surface area contributed by atoms with Gasteiger partial charge in [0.25, 0.3) is 0 Å². The standard InChI is InChI=1S/C13H17BrN4S2/c1-3-15-13(17-6-11-4-10(14)8-19-11)18-7-12-16-5-9(2)20-12/h4-5,8H,3,6-7H2,1-2H3,(H2,15,17,18). The van der Waals surface area contributed by atoms with E-state index >= 15 is 0 Å².